The third kappa shape index (κ3) is 5.42. The zero-order valence-corrected chi connectivity index (χ0v) is 18.6. The number of rotatable bonds is 7. The van der Waals surface area contributed by atoms with Gasteiger partial charge in [-0.2, -0.15) is 13.2 Å². The molecule has 2 aromatic heterocycles. The molecule has 0 spiro atoms. The van der Waals surface area contributed by atoms with Gasteiger partial charge in [0.2, 0.25) is 0 Å². The second kappa shape index (κ2) is 9.92. The van der Waals surface area contributed by atoms with Gasteiger partial charge in [0, 0.05) is 48.5 Å². The first kappa shape index (κ1) is 22.6. The number of halogens is 3. The molecule has 0 amide bonds. The molecule has 4 nitrogen and oxygen atoms in total. The molecule has 3 heterocycles. The van der Waals surface area contributed by atoms with Gasteiger partial charge in [0.15, 0.2) is 0 Å². The van der Waals surface area contributed by atoms with E-state index in [2.05, 4.69) is 16.0 Å². The number of hydrogen-bond donors (Lipinski definition) is 1. The van der Waals surface area contributed by atoms with Gasteiger partial charge in [-0.15, -0.1) is 11.3 Å². The molecule has 1 aliphatic rings. The molecule has 3 aromatic rings. The molecule has 0 aliphatic carbocycles. The van der Waals surface area contributed by atoms with Gasteiger partial charge in [-0.05, 0) is 61.5 Å². The summed E-state index contributed by atoms with van der Waals surface area (Å²) in [6.45, 7) is 4.15. The third-order valence-electron chi connectivity index (χ3n) is 5.91. The number of alkyl halides is 3. The van der Waals surface area contributed by atoms with Crippen molar-refractivity contribution in [2.75, 3.05) is 43.4 Å². The van der Waals surface area contributed by atoms with E-state index in [0.29, 0.717) is 5.69 Å². The predicted octanol–water partition coefficient (Wildman–Crippen LogP) is 5.56. The summed E-state index contributed by atoms with van der Waals surface area (Å²) in [7, 11) is 0. The molecule has 4 rings (SSSR count). The summed E-state index contributed by atoms with van der Waals surface area (Å²) in [5, 5.41) is 2.04. The van der Waals surface area contributed by atoms with Gasteiger partial charge in [0.1, 0.15) is 0 Å². The zero-order valence-electron chi connectivity index (χ0n) is 17.8. The van der Waals surface area contributed by atoms with Gasteiger partial charge < -0.3 is 10.6 Å². The van der Waals surface area contributed by atoms with Crippen molar-refractivity contribution < 1.29 is 13.2 Å². The topological polar surface area (TPSA) is 45.4 Å². The second-order valence-corrected chi connectivity index (χ2v) is 8.98. The molecule has 0 unspecified atom stereocenters. The Kier molecular flexibility index (Phi) is 7.01. The molecule has 1 aliphatic heterocycles. The maximum Gasteiger partial charge on any atom is 0.416 e. The SMILES string of the molecule is Nc1c(-c2cccs2)ccnc1CCCCN1CCN(c2cccc(C(F)(F)F)c2)CC1. The van der Waals surface area contributed by atoms with Crippen LogP contribution in [0.3, 0.4) is 0 Å². The van der Waals surface area contributed by atoms with Crippen LogP contribution in [0.25, 0.3) is 10.4 Å². The van der Waals surface area contributed by atoms with Crippen molar-refractivity contribution in [3.8, 4) is 10.4 Å². The summed E-state index contributed by atoms with van der Waals surface area (Å²) in [6.07, 6.45) is 0.398. The lowest BCUT2D eigenvalue weighted by Crippen LogP contribution is -2.46. The molecule has 32 heavy (non-hydrogen) atoms. The fraction of sp³-hybridized carbons (Fsp3) is 0.375. The molecular formula is C24H27F3N4S. The summed E-state index contributed by atoms with van der Waals surface area (Å²) < 4.78 is 38.9. The highest BCUT2D eigenvalue weighted by Gasteiger charge is 2.31. The Morgan fingerprint density at radius 2 is 1.81 bits per heavy atom. The Hall–Kier alpha value is -2.58. The molecule has 1 saturated heterocycles. The van der Waals surface area contributed by atoms with E-state index < -0.39 is 11.7 Å². The average Bonchev–Trinajstić information content (AvgIpc) is 3.32. The number of nitrogen functional groups attached to an aromatic ring is 1. The number of thiophene rings is 1. The highest BCUT2D eigenvalue weighted by atomic mass is 32.1. The fourth-order valence-electron chi connectivity index (χ4n) is 4.10. The number of aromatic nitrogens is 1. The molecule has 170 valence electrons. The van der Waals surface area contributed by atoms with E-state index in [9.17, 15) is 13.2 Å². The lowest BCUT2D eigenvalue weighted by Gasteiger charge is -2.36. The van der Waals surface area contributed by atoms with Gasteiger partial charge in [-0.1, -0.05) is 12.1 Å². The third-order valence-corrected chi connectivity index (χ3v) is 6.81. The number of nitrogens with two attached hydrogens (primary N) is 1. The minimum atomic E-state index is -4.31. The normalized spacial score (nSPS) is 15.3. The number of piperazine rings is 1. The lowest BCUT2D eigenvalue weighted by atomic mass is 10.1. The zero-order chi connectivity index (χ0) is 22.6. The minimum absolute atomic E-state index is 0.589. The van der Waals surface area contributed by atoms with Crippen LogP contribution in [0.15, 0.2) is 54.0 Å². The van der Waals surface area contributed by atoms with E-state index in [1.165, 1.54) is 12.1 Å². The Labute approximate surface area is 190 Å². The first-order chi connectivity index (χ1) is 15.4. The van der Waals surface area contributed by atoms with Crippen LogP contribution in [0.1, 0.15) is 24.1 Å². The van der Waals surface area contributed by atoms with Gasteiger partial charge in [0.25, 0.3) is 0 Å². The minimum Gasteiger partial charge on any atom is -0.397 e. The van der Waals surface area contributed by atoms with E-state index in [4.69, 9.17) is 5.73 Å². The van der Waals surface area contributed by atoms with Crippen molar-refractivity contribution in [2.45, 2.75) is 25.4 Å². The van der Waals surface area contributed by atoms with Crippen molar-refractivity contribution in [1.82, 2.24) is 9.88 Å². The first-order valence-electron chi connectivity index (χ1n) is 10.8. The fourth-order valence-corrected chi connectivity index (χ4v) is 4.86. The van der Waals surface area contributed by atoms with Crippen molar-refractivity contribution in [2.24, 2.45) is 0 Å². The summed E-state index contributed by atoms with van der Waals surface area (Å²) in [5.41, 5.74) is 9.19. The first-order valence-corrected chi connectivity index (χ1v) is 11.7. The van der Waals surface area contributed by atoms with Gasteiger partial charge >= 0.3 is 6.18 Å². The molecular weight excluding hydrogens is 433 g/mol. The highest BCUT2D eigenvalue weighted by Crippen LogP contribution is 2.32. The average molecular weight is 461 g/mol. The van der Waals surface area contributed by atoms with E-state index in [1.807, 2.05) is 28.6 Å². The number of pyridine rings is 1. The molecule has 8 heteroatoms. The maximum absolute atomic E-state index is 13.0. The Bertz CT molecular complexity index is 1010. The van der Waals surface area contributed by atoms with Crippen LogP contribution in [0.4, 0.5) is 24.5 Å². The smallest absolute Gasteiger partial charge is 0.397 e. The van der Waals surface area contributed by atoms with Crippen LogP contribution in [0, 0.1) is 0 Å². The van der Waals surface area contributed by atoms with E-state index >= 15 is 0 Å². The predicted molar refractivity (Wildman–Crippen MR) is 125 cm³/mol. The Morgan fingerprint density at radius 1 is 1.00 bits per heavy atom. The molecule has 2 N–H and O–H groups in total. The number of aryl methyl sites for hydroxylation is 1. The molecule has 0 radical (unpaired) electrons. The number of benzene rings is 1. The number of nitrogens with zero attached hydrogens (tertiary/aromatic N) is 3. The van der Waals surface area contributed by atoms with Crippen molar-refractivity contribution in [3.63, 3.8) is 0 Å². The van der Waals surface area contributed by atoms with E-state index in [1.54, 1.807) is 17.4 Å². The van der Waals surface area contributed by atoms with Gasteiger partial charge in [-0.25, -0.2) is 0 Å². The van der Waals surface area contributed by atoms with E-state index in [-0.39, 0.29) is 0 Å². The van der Waals surface area contributed by atoms with Crippen LogP contribution >= 0.6 is 11.3 Å². The number of hydrogen-bond acceptors (Lipinski definition) is 5. The molecule has 1 fully saturated rings. The van der Waals surface area contributed by atoms with Crippen molar-refractivity contribution >= 4 is 22.7 Å². The van der Waals surface area contributed by atoms with Crippen LogP contribution < -0.4 is 10.6 Å². The Balaban J connectivity index is 1.23. The summed E-state index contributed by atoms with van der Waals surface area (Å²) >= 11 is 1.67. The highest BCUT2D eigenvalue weighted by molar-refractivity contribution is 7.13. The van der Waals surface area contributed by atoms with Gasteiger partial charge in [-0.3, -0.25) is 9.88 Å². The molecule has 1 aromatic carbocycles. The lowest BCUT2D eigenvalue weighted by molar-refractivity contribution is -0.137. The van der Waals surface area contributed by atoms with Gasteiger partial charge in [0.05, 0.1) is 16.9 Å². The monoisotopic (exact) mass is 460 g/mol. The van der Waals surface area contributed by atoms with Crippen molar-refractivity contribution in [1.29, 1.82) is 0 Å². The number of unbranched alkanes of at least 4 members (excludes halogenated alkanes) is 1. The summed E-state index contributed by atoms with van der Waals surface area (Å²) in [4.78, 5) is 10.0. The van der Waals surface area contributed by atoms with Crippen LogP contribution in [0.5, 0.6) is 0 Å². The van der Waals surface area contributed by atoms with E-state index in [0.717, 1.165) is 79.9 Å². The largest absolute Gasteiger partial charge is 0.416 e. The van der Waals surface area contributed by atoms with Crippen molar-refractivity contribution in [3.05, 3.63) is 65.3 Å². The maximum atomic E-state index is 13.0. The van der Waals surface area contributed by atoms with Crippen LogP contribution in [-0.4, -0.2) is 42.6 Å². The molecule has 0 saturated carbocycles. The Morgan fingerprint density at radius 3 is 2.53 bits per heavy atom. The van der Waals surface area contributed by atoms with Crippen LogP contribution in [-0.2, 0) is 12.6 Å². The van der Waals surface area contributed by atoms with Crippen LogP contribution in [0.2, 0.25) is 0 Å². The quantitative estimate of drug-likeness (QED) is 0.469. The summed E-state index contributed by atoms with van der Waals surface area (Å²) in [6, 6.07) is 11.7. The molecule has 0 bridgehead atoms. The number of anilines is 2. The molecule has 0 atom stereocenters. The second-order valence-electron chi connectivity index (χ2n) is 8.03. The standard InChI is InChI=1S/C24H27F3N4S/c25-24(26,27)18-5-3-6-19(17-18)31-14-12-30(13-15-31)11-2-1-7-21-23(28)20(9-10-29-21)22-8-4-16-32-22/h3-6,8-10,16-17H,1-2,7,11-15,28H2. The summed E-state index contributed by atoms with van der Waals surface area (Å²) in [5.74, 6) is 0.